The third-order valence-electron chi connectivity index (χ3n) is 1.38. The molecule has 0 aromatic heterocycles. The summed E-state index contributed by atoms with van der Waals surface area (Å²) in [5, 5.41) is 2.76. The van der Waals surface area contributed by atoms with Crippen LogP contribution in [0.1, 0.15) is 6.92 Å². The Balaban J connectivity index is 3.18. The zero-order chi connectivity index (χ0) is 10.3. The average Bonchev–Trinajstić information content (AvgIpc) is 2.01. The van der Waals surface area contributed by atoms with E-state index in [0.717, 1.165) is 0 Å². The van der Waals surface area contributed by atoms with Crippen molar-refractivity contribution in [1.82, 2.24) is 5.32 Å². The Morgan fingerprint density at radius 1 is 1.38 bits per heavy atom. The van der Waals surface area contributed by atoms with Crippen molar-refractivity contribution in [1.29, 1.82) is 0 Å². The van der Waals surface area contributed by atoms with E-state index in [2.05, 4.69) is 10.1 Å². The van der Waals surface area contributed by atoms with Gasteiger partial charge in [-0.15, -0.1) is 13.2 Å². The molecule has 0 fully saturated rings. The molecule has 1 atom stereocenters. The van der Waals surface area contributed by atoms with Gasteiger partial charge in [0.25, 0.3) is 0 Å². The average molecular weight is 201 g/mol. The Kier molecular flexibility index (Phi) is 6.02. The number of alkyl halides is 3. The summed E-state index contributed by atoms with van der Waals surface area (Å²) in [7, 11) is 1.54. The molecule has 0 bridgehead atoms. The molecule has 0 amide bonds. The van der Waals surface area contributed by atoms with Crippen LogP contribution in [-0.2, 0) is 9.47 Å². The minimum atomic E-state index is -4.53. The highest BCUT2D eigenvalue weighted by Gasteiger charge is 2.28. The van der Waals surface area contributed by atoms with Crippen molar-refractivity contribution in [3.05, 3.63) is 0 Å². The van der Waals surface area contributed by atoms with Crippen LogP contribution in [-0.4, -0.2) is 39.3 Å². The second kappa shape index (κ2) is 6.17. The van der Waals surface area contributed by atoms with Gasteiger partial charge in [-0.2, -0.15) is 0 Å². The summed E-state index contributed by atoms with van der Waals surface area (Å²) in [6.07, 6.45) is -4.54. The number of methoxy groups -OCH3 is 1. The zero-order valence-electron chi connectivity index (χ0n) is 7.65. The molecule has 0 aromatic rings. The van der Waals surface area contributed by atoms with Gasteiger partial charge in [-0.25, -0.2) is 0 Å². The van der Waals surface area contributed by atoms with Crippen LogP contribution in [0.15, 0.2) is 0 Å². The van der Waals surface area contributed by atoms with Crippen molar-refractivity contribution < 1.29 is 22.6 Å². The summed E-state index contributed by atoms with van der Waals surface area (Å²) in [6.45, 7) is 2.11. The lowest BCUT2D eigenvalue weighted by molar-refractivity contribution is -0.323. The predicted molar refractivity (Wildman–Crippen MR) is 41.3 cm³/mol. The van der Waals surface area contributed by atoms with Crippen LogP contribution in [0.3, 0.4) is 0 Å². The van der Waals surface area contributed by atoms with Crippen LogP contribution in [0.2, 0.25) is 0 Å². The van der Waals surface area contributed by atoms with Crippen molar-refractivity contribution in [2.45, 2.75) is 19.4 Å². The Hall–Kier alpha value is -0.330. The molecule has 1 N–H and O–H groups in total. The van der Waals surface area contributed by atoms with Crippen molar-refractivity contribution in [2.24, 2.45) is 0 Å². The zero-order valence-corrected chi connectivity index (χ0v) is 7.65. The maximum Gasteiger partial charge on any atom is 0.522 e. The first-order valence-corrected chi connectivity index (χ1v) is 3.90. The highest BCUT2D eigenvalue weighted by molar-refractivity contribution is 4.53. The minimum absolute atomic E-state index is 0.00844. The number of hydrogen-bond donors (Lipinski definition) is 1. The third kappa shape index (κ3) is 9.59. The van der Waals surface area contributed by atoms with Gasteiger partial charge >= 0.3 is 6.36 Å². The van der Waals surface area contributed by atoms with E-state index in [-0.39, 0.29) is 19.3 Å². The summed E-state index contributed by atoms with van der Waals surface area (Å²) in [6, 6.07) is 0. The number of halogens is 3. The van der Waals surface area contributed by atoms with Crippen molar-refractivity contribution in [3.8, 4) is 0 Å². The van der Waals surface area contributed by atoms with Crippen LogP contribution in [0.25, 0.3) is 0 Å². The van der Waals surface area contributed by atoms with Gasteiger partial charge in [-0.1, -0.05) is 0 Å². The normalized spacial score (nSPS) is 14.5. The fraction of sp³-hybridized carbons (Fsp3) is 1.00. The van der Waals surface area contributed by atoms with E-state index in [4.69, 9.17) is 4.74 Å². The second-order valence-electron chi connectivity index (χ2n) is 2.54. The fourth-order valence-corrected chi connectivity index (χ4v) is 0.628. The van der Waals surface area contributed by atoms with Gasteiger partial charge in [0.2, 0.25) is 0 Å². The quantitative estimate of drug-likeness (QED) is 0.654. The van der Waals surface area contributed by atoms with Gasteiger partial charge in [-0.05, 0) is 6.92 Å². The van der Waals surface area contributed by atoms with E-state index in [1.165, 1.54) is 0 Å². The highest BCUT2D eigenvalue weighted by Crippen LogP contribution is 2.14. The van der Waals surface area contributed by atoms with Crippen LogP contribution >= 0.6 is 0 Å². The molecule has 1 unspecified atom stereocenters. The largest absolute Gasteiger partial charge is 0.522 e. The Morgan fingerprint density at radius 3 is 2.46 bits per heavy atom. The van der Waals surface area contributed by atoms with Crippen LogP contribution in [0.4, 0.5) is 13.2 Å². The summed E-state index contributed by atoms with van der Waals surface area (Å²) in [5.41, 5.74) is 0. The van der Waals surface area contributed by atoms with E-state index < -0.39 is 6.36 Å². The summed E-state index contributed by atoms with van der Waals surface area (Å²) < 4.78 is 42.7. The molecule has 0 spiro atoms. The molecule has 0 aliphatic rings. The molecule has 0 rings (SSSR count). The summed E-state index contributed by atoms with van der Waals surface area (Å²) in [4.78, 5) is 0. The van der Waals surface area contributed by atoms with Gasteiger partial charge in [0, 0.05) is 20.2 Å². The van der Waals surface area contributed by atoms with E-state index in [1.807, 2.05) is 6.92 Å². The number of rotatable bonds is 6. The third-order valence-corrected chi connectivity index (χ3v) is 1.38. The van der Waals surface area contributed by atoms with Gasteiger partial charge in [0.15, 0.2) is 0 Å². The summed E-state index contributed by atoms with van der Waals surface area (Å²) >= 11 is 0. The molecule has 13 heavy (non-hydrogen) atoms. The molecule has 0 aromatic carbocycles. The van der Waals surface area contributed by atoms with Crippen molar-refractivity contribution in [3.63, 3.8) is 0 Å². The molecule has 80 valence electrons. The highest BCUT2D eigenvalue weighted by atomic mass is 19.4. The van der Waals surface area contributed by atoms with E-state index in [9.17, 15) is 13.2 Å². The van der Waals surface area contributed by atoms with E-state index in [0.29, 0.717) is 6.54 Å². The lowest BCUT2D eigenvalue weighted by Crippen LogP contribution is -2.30. The fourth-order valence-electron chi connectivity index (χ4n) is 0.628. The SMILES string of the molecule is COC(C)CNCCOC(F)(F)F. The minimum Gasteiger partial charge on any atom is -0.380 e. The number of nitrogens with one attached hydrogen (secondary N) is 1. The maximum atomic E-state index is 11.4. The lowest BCUT2D eigenvalue weighted by Gasteiger charge is -2.11. The molecule has 0 radical (unpaired) electrons. The van der Waals surface area contributed by atoms with Crippen LogP contribution < -0.4 is 5.32 Å². The first-order valence-electron chi connectivity index (χ1n) is 3.90. The first-order chi connectivity index (χ1) is 5.95. The molecule has 0 heterocycles. The monoisotopic (exact) mass is 201 g/mol. The Bertz CT molecular complexity index is 129. The Labute approximate surface area is 75.2 Å². The summed E-state index contributed by atoms with van der Waals surface area (Å²) in [5.74, 6) is 0. The van der Waals surface area contributed by atoms with Gasteiger partial charge in [0.1, 0.15) is 0 Å². The molecule has 0 aliphatic heterocycles. The van der Waals surface area contributed by atoms with E-state index in [1.54, 1.807) is 7.11 Å². The first kappa shape index (κ1) is 12.7. The molecule has 0 saturated carbocycles. The number of hydrogen-bond acceptors (Lipinski definition) is 3. The Morgan fingerprint density at radius 2 is 2.00 bits per heavy atom. The van der Waals surface area contributed by atoms with Gasteiger partial charge in [0.05, 0.1) is 12.7 Å². The molecular formula is C7H14F3NO2. The second-order valence-corrected chi connectivity index (χ2v) is 2.54. The van der Waals surface area contributed by atoms with Crippen LogP contribution in [0.5, 0.6) is 0 Å². The van der Waals surface area contributed by atoms with Gasteiger partial charge < -0.3 is 10.1 Å². The van der Waals surface area contributed by atoms with Crippen molar-refractivity contribution in [2.75, 3.05) is 26.8 Å². The van der Waals surface area contributed by atoms with Crippen LogP contribution in [0, 0.1) is 0 Å². The topological polar surface area (TPSA) is 30.5 Å². The molecular weight excluding hydrogens is 187 g/mol. The van der Waals surface area contributed by atoms with E-state index >= 15 is 0 Å². The maximum absolute atomic E-state index is 11.4. The lowest BCUT2D eigenvalue weighted by atomic mass is 10.4. The predicted octanol–water partition coefficient (Wildman–Crippen LogP) is 1.15. The number of ether oxygens (including phenoxy) is 2. The van der Waals surface area contributed by atoms with Crippen molar-refractivity contribution >= 4 is 0 Å². The molecule has 6 heteroatoms. The molecule has 0 aliphatic carbocycles. The standard InChI is InChI=1S/C7H14F3NO2/c1-6(12-2)5-11-3-4-13-7(8,9)10/h6,11H,3-5H2,1-2H3. The van der Waals surface area contributed by atoms with Gasteiger partial charge in [-0.3, -0.25) is 4.74 Å². The molecule has 3 nitrogen and oxygen atoms in total. The smallest absolute Gasteiger partial charge is 0.380 e. The molecule has 0 saturated heterocycles.